The van der Waals surface area contributed by atoms with Gasteiger partial charge in [-0.3, -0.25) is 4.79 Å². The topological polar surface area (TPSA) is 67.2 Å². The maximum Gasteiger partial charge on any atom is 0.251 e. The smallest absolute Gasteiger partial charge is 0.251 e. The van der Waals surface area contributed by atoms with Gasteiger partial charge in [-0.2, -0.15) is 0 Å². The molecule has 18 heavy (non-hydrogen) atoms. The number of carbonyl (C=O) groups excluding carboxylic acids is 1. The third-order valence-electron chi connectivity index (χ3n) is 2.38. The standard InChI is InChI=1S/C13H15N3O2/c1-2-14-12-8-10(5-6-15-12)13(17)16-9-11-4-3-7-18-11/h3-8H,2,9H2,1H3,(H,14,15)(H,16,17). The highest BCUT2D eigenvalue weighted by molar-refractivity contribution is 5.94. The highest BCUT2D eigenvalue weighted by Gasteiger charge is 2.07. The Hall–Kier alpha value is -2.30. The second-order valence-electron chi connectivity index (χ2n) is 3.72. The number of carbonyl (C=O) groups is 1. The molecular weight excluding hydrogens is 230 g/mol. The number of furan rings is 1. The minimum absolute atomic E-state index is 0.145. The highest BCUT2D eigenvalue weighted by atomic mass is 16.3. The van der Waals surface area contributed by atoms with E-state index in [2.05, 4.69) is 15.6 Å². The normalized spacial score (nSPS) is 10.1. The Balaban J connectivity index is 1.97. The summed E-state index contributed by atoms with van der Waals surface area (Å²) in [6, 6.07) is 7.01. The minimum atomic E-state index is -0.145. The second-order valence-corrected chi connectivity index (χ2v) is 3.72. The second kappa shape index (κ2) is 5.86. The fourth-order valence-electron chi connectivity index (χ4n) is 1.53. The van der Waals surface area contributed by atoms with Gasteiger partial charge in [0, 0.05) is 18.3 Å². The summed E-state index contributed by atoms with van der Waals surface area (Å²) in [4.78, 5) is 16.0. The molecule has 2 rings (SSSR count). The number of hydrogen-bond acceptors (Lipinski definition) is 4. The third kappa shape index (κ3) is 3.10. The van der Waals surface area contributed by atoms with E-state index in [1.165, 1.54) is 0 Å². The lowest BCUT2D eigenvalue weighted by molar-refractivity contribution is 0.0948. The predicted octanol–water partition coefficient (Wildman–Crippen LogP) is 2.04. The summed E-state index contributed by atoms with van der Waals surface area (Å²) in [5.41, 5.74) is 0.576. The quantitative estimate of drug-likeness (QED) is 0.845. The predicted molar refractivity (Wildman–Crippen MR) is 68.3 cm³/mol. The van der Waals surface area contributed by atoms with Crippen LogP contribution in [0.5, 0.6) is 0 Å². The Bertz CT molecular complexity index is 509. The summed E-state index contributed by atoms with van der Waals surface area (Å²) < 4.78 is 5.14. The van der Waals surface area contributed by atoms with E-state index < -0.39 is 0 Å². The van der Waals surface area contributed by atoms with Crippen molar-refractivity contribution in [3.63, 3.8) is 0 Å². The van der Waals surface area contributed by atoms with Crippen molar-refractivity contribution in [3.8, 4) is 0 Å². The number of hydrogen-bond donors (Lipinski definition) is 2. The Labute approximate surface area is 105 Å². The monoisotopic (exact) mass is 245 g/mol. The van der Waals surface area contributed by atoms with E-state index in [1.54, 1.807) is 30.7 Å². The van der Waals surface area contributed by atoms with Gasteiger partial charge in [0.2, 0.25) is 0 Å². The molecule has 0 aliphatic heterocycles. The number of amides is 1. The molecule has 0 saturated carbocycles. The molecule has 94 valence electrons. The summed E-state index contributed by atoms with van der Waals surface area (Å²) in [7, 11) is 0. The zero-order valence-electron chi connectivity index (χ0n) is 10.1. The minimum Gasteiger partial charge on any atom is -0.467 e. The van der Waals surface area contributed by atoms with E-state index >= 15 is 0 Å². The number of anilines is 1. The SMILES string of the molecule is CCNc1cc(C(=O)NCc2ccco2)ccn1. The number of nitrogens with one attached hydrogen (secondary N) is 2. The van der Waals surface area contributed by atoms with Crippen LogP contribution in [0.25, 0.3) is 0 Å². The zero-order chi connectivity index (χ0) is 12.8. The molecule has 2 N–H and O–H groups in total. The van der Waals surface area contributed by atoms with Gasteiger partial charge in [-0.1, -0.05) is 0 Å². The summed E-state index contributed by atoms with van der Waals surface area (Å²) in [5, 5.41) is 5.85. The maximum atomic E-state index is 11.9. The van der Waals surface area contributed by atoms with Gasteiger partial charge >= 0.3 is 0 Å². The first kappa shape index (κ1) is 12.2. The number of nitrogens with zero attached hydrogens (tertiary/aromatic N) is 1. The molecule has 5 heteroatoms. The van der Waals surface area contributed by atoms with Gasteiger partial charge in [-0.25, -0.2) is 4.98 Å². The molecule has 0 aliphatic rings. The van der Waals surface area contributed by atoms with E-state index in [1.807, 2.05) is 13.0 Å². The molecule has 0 bridgehead atoms. The van der Waals surface area contributed by atoms with Gasteiger partial charge in [0.1, 0.15) is 11.6 Å². The van der Waals surface area contributed by atoms with Crippen LogP contribution in [0.3, 0.4) is 0 Å². The lowest BCUT2D eigenvalue weighted by atomic mass is 10.2. The van der Waals surface area contributed by atoms with Crippen LogP contribution in [0.2, 0.25) is 0 Å². The molecule has 0 radical (unpaired) electrons. The fourth-order valence-corrected chi connectivity index (χ4v) is 1.53. The summed E-state index contributed by atoms with van der Waals surface area (Å²) in [6.07, 6.45) is 3.19. The molecule has 0 aliphatic carbocycles. The largest absolute Gasteiger partial charge is 0.467 e. The maximum absolute atomic E-state index is 11.9. The zero-order valence-corrected chi connectivity index (χ0v) is 10.1. The Morgan fingerprint density at radius 1 is 1.44 bits per heavy atom. The molecule has 0 spiro atoms. The van der Waals surface area contributed by atoms with Crippen LogP contribution >= 0.6 is 0 Å². The van der Waals surface area contributed by atoms with Crippen LogP contribution in [0, 0.1) is 0 Å². The molecule has 5 nitrogen and oxygen atoms in total. The molecule has 1 amide bonds. The molecule has 0 saturated heterocycles. The first-order valence-electron chi connectivity index (χ1n) is 5.80. The van der Waals surface area contributed by atoms with Gasteiger partial charge in [-0.05, 0) is 31.2 Å². The van der Waals surface area contributed by atoms with Crippen LogP contribution in [-0.2, 0) is 6.54 Å². The van der Waals surface area contributed by atoms with Gasteiger partial charge < -0.3 is 15.1 Å². The third-order valence-corrected chi connectivity index (χ3v) is 2.38. The first-order valence-corrected chi connectivity index (χ1v) is 5.80. The van der Waals surface area contributed by atoms with E-state index in [9.17, 15) is 4.79 Å². The number of rotatable bonds is 5. The van der Waals surface area contributed by atoms with Crippen molar-refractivity contribution >= 4 is 11.7 Å². The summed E-state index contributed by atoms with van der Waals surface area (Å²) in [6.45, 7) is 3.13. The number of aromatic nitrogens is 1. The Morgan fingerprint density at radius 2 is 2.33 bits per heavy atom. The van der Waals surface area contributed by atoms with Crippen molar-refractivity contribution in [2.24, 2.45) is 0 Å². The fraction of sp³-hybridized carbons (Fsp3) is 0.231. The molecule has 2 aromatic heterocycles. The first-order chi connectivity index (χ1) is 8.79. The number of pyridine rings is 1. The summed E-state index contributed by atoms with van der Waals surface area (Å²) >= 11 is 0. The lowest BCUT2D eigenvalue weighted by Crippen LogP contribution is -2.22. The van der Waals surface area contributed by atoms with Crippen LogP contribution in [0.1, 0.15) is 23.0 Å². The average Bonchev–Trinajstić information content (AvgIpc) is 2.90. The van der Waals surface area contributed by atoms with Gasteiger partial charge in [0.25, 0.3) is 5.91 Å². The Kier molecular flexibility index (Phi) is 3.96. The molecule has 0 aromatic carbocycles. The average molecular weight is 245 g/mol. The van der Waals surface area contributed by atoms with Crippen molar-refractivity contribution in [3.05, 3.63) is 48.0 Å². The van der Waals surface area contributed by atoms with Crippen molar-refractivity contribution < 1.29 is 9.21 Å². The van der Waals surface area contributed by atoms with Crippen molar-refractivity contribution in [2.75, 3.05) is 11.9 Å². The van der Waals surface area contributed by atoms with E-state index in [-0.39, 0.29) is 5.91 Å². The van der Waals surface area contributed by atoms with Crippen molar-refractivity contribution in [1.82, 2.24) is 10.3 Å². The molecule has 0 fully saturated rings. The van der Waals surface area contributed by atoms with Crippen LogP contribution < -0.4 is 10.6 Å². The van der Waals surface area contributed by atoms with Gasteiger partial charge in [0.15, 0.2) is 0 Å². The Morgan fingerprint density at radius 3 is 3.06 bits per heavy atom. The molecule has 0 unspecified atom stereocenters. The van der Waals surface area contributed by atoms with Crippen LogP contribution in [0.15, 0.2) is 41.1 Å². The van der Waals surface area contributed by atoms with Crippen molar-refractivity contribution in [1.29, 1.82) is 0 Å². The summed E-state index contributed by atoms with van der Waals surface area (Å²) in [5.74, 6) is 1.28. The van der Waals surface area contributed by atoms with Crippen LogP contribution in [0.4, 0.5) is 5.82 Å². The van der Waals surface area contributed by atoms with E-state index in [0.29, 0.717) is 17.9 Å². The van der Waals surface area contributed by atoms with E-state index in [0.717, 1.165) is 12.3 Å². The molecular formula is C13H15N3O2. The van der Waals surface area contributed by atoms with Crippen molar-refractivity contribution in [2.45, 2.75) is 13.5 Å². The van der Waals surface area contributed by atoms with Gasteiger partial charge in [0.05, 0.1) is 12.8 Å². The van der Waals surface area contributed by atoms with E-state index in [4.69, 9.17) is 4.42 Å². The highest BCUT2D eigenvalue weighted by Crippen LogP contribution is 2.07. The lowest BCUT2D eigenvalue weighted by Gasteiger charge is -2.06. The molecule has 0 atom stereocenters. The molecule has 2 aromatic rings. The van der Waals surface area contributed by atoms with Gasteiger partial charge in [-0.15, -0.1) is 0 Å². The van der Waals surface area contributed by atoms with Crippen LogP contribution in [-0.4, -0.2) is 17.4 Å². The molecule has 2 heterocycles.